The van der Waals surface area contributed by atoms with E-state index in [1.165, 1.54) is 16.1 Å². The summed E-state index contributed by atoms with van der Waals surface area (Å²) in [7, 11) is -3.19. The number of amides is 1. The number of sulfonamides is 1. The molecule has 0 spiro atoms. The van der Waals surface area contributed by atoms with E-state index in [9.17, 15) is 13.2 Å². The van der Waals surface area contributed by atoms with Gasteiger partial charge in [-0.05, 0) is 49.9 Å². The third kappa shape index (κ3) is 3.67. The summed E-state index contributed by atoms with van der Waals surface area (Å²) in [5, 5.41) is 0. The van der Waals surface area contributed by atoms with Crippen molar-refractivity contribution in [3.8, 4) is 0 Å². The maximum atomic E-state index is 12.8. The first kappa shape index (κ1) is 17.0. The van der Waals surface area contributed by atoms with Crippen molar-refractivity contribution in [3.05, 3.63) is 34.4 Å². The van der Waals surface area contributed by atoms with Crippen molar-refractivity contribution in [2.24, 2.45) is 0 Å². The van der Waals surface area contributed by atoms with Crippen molar-refractivity contribution in [1.82, 2.24) is 9.21 Å². The van der Waals surface area contributed by atoms with Crippen LogP contribution in [0.5, 0.6) is 0 Å². The van der Waals surface area contributed by atoms with Gasteiger partial charge in [-0.25, -0.2) is 12.7 Å². The Morgan fingerprint density at radius 1 is 0.955 bits per heavy atom. The van der Waals surface area contributed by atoms with Gasteiger partial charge in [0.25, 0.3) is 5.91 Å². The van der Waals surface area contributed by atoms with Crippen LogP contribution in [0.3, 0.4) is 0 Å². The molecule has 0 N–H and O–H groups in total. The van der Waals surface area contributed by atoms with Gasteiger partial charge < -0.3 is 4.90 Å². The van der Waals surface area contributed by atoms with E-state index in [0.29, 0.717) is 32.6 Å². The normalized spacial score (nSPS) is 17.4. The molecule has 1 fully saturated rings. The predicted molar refractivity (Wildman–Crippen MR) is 87.6 cm³/mol. The van der Waals surface area contributed by atoms with E-state index in [2.05, 4.69) is 0 Å². The van der Waals surface area contributed by atoms with E-state index >= 15 is 0 Å². The van der Waals surface area contributed by atoms with Gasteiger partial charge in [0.2, 0.25) is 10.0 Å². The molecule has 1 heterocycles. The number of nitrogens with zero attached hydrogens (tertiary/aromatic N) is 2. The Balaban J connectivity index is 2.19. The van der Waals surface area contributed by atoms with Crippen molar-refractivity contribution in [2.45, 2.75) is 27.2 Å². The van der Waals surface area contributed by atoms with E-state index < -0.39 is 10.0 Å². The summed E-state index contributed by atoms with van der Waals surface area (Å²) in [5.74, 6) is -0.00375. The van der Waals surface area contributed by atoms with Gasteiger partial charge in [-0.2, -0.15) is 0 Å². The lowest BCUT2D eigenvalue weighted by atomic mass is 10.00. The fraction of sp³-hybridized carbons (Fsp3) is 0.562. The highest BCUT2D eigenvalue weighted by Gasteiger charge is 2.25. The lowest BCUT2D eigenvalue weighted by molar-refractivity contribution is 0.0763. The van der Waals surface area contributed by atoms with E-state index in [1.54, 1.807) is 4.90 Å². The molecule has 0 saturated carbocycles. The number of rotatable bonds is 2. The molecule has 1 aliphatic rings. The molecule has 1 aromatic carbocycles. The lowest BCUT2D eigenvalue weighted by Gasteiger charge is -2.22. The van der Waals surface area contributed by atoms with Gasteiger partial charge in [0.1, 0.15) is 0 Å². The predicted octanol–water partition coefficient (Wildman–Crippen LogP) is 1.72. The SMILES string of the molecule is Cc1cc(C)c(C(=O)N2CCCN(S(C)(=O)=O)CC2)cc1C. The van der Waals surface area contributed by atoms with E-state index in [0.717, 1.165) is 16.7 Å². The van der Waals surface area contributed by atoms with Crippen LogP contribution in [0.2, 0.25) is 0 Å². The third-order valence-electron chi connectivity index (χ3n) is 4.28. The average molecular weight is 324 g/mol. The minimum Gasteiger partial charge on any atom is -0.337 e. The minimum absolute atomic E-state index is 0.00375. The number of benzene rings is 1. The Morgan fingerprint density at radius 2 is 1.59 bits per heavy atom. The summed E-state index contributed by atoms with van der Waals surface area (Å²) >= 11 is 0. The van der Waals surface area contributed by atoms with Gasteiger partial charge in [0.15, 0.2) is 0 Å². The number of hydrogen-bond donors (Lipinski definition) is 0. The topological polar surface area (TPSA) is 57.7 Å². The first-order chi connectivity index (χ1) is 10.2. The van der Waals surface area contributed by atoms with Crippen LogP contribution in [0.15, 0.2) is 12.1 Å². The highest BCUT2D eigenvalue weighted by atomic mass is 32.2. The standard InChI is InChI=1S/C16H24N2O3S/c1-12-10-14(3)15(11-13(12)2)16(19)17-6-5-7-18(9-8-17)22(4,20)21/h10-11H,5-9H2,1-4H3. The van der Waals surface area contributed by atoms with E-state index in [1.807, 2.05) is 32.9 Å². The Bertz CT molecular complexity index is 683. The summed E-state index contributed by atoms with van der Waals surface area (Å²) in [6.45, 7) is 7.87. The molecule has 0 atom stereocenters. The van der Waals surface area contributed by atoms with Gasteiger partial charge in [0.05, 0.1) is 6.26 Å². The van der Waals surface area contributed by atoms with Crippen LogP contribution in [0, 0.1) is 20.8 Å². The van der Waals surface area contributed by atoms with Gasteiger partial charge in [-0.1, -0.05) is 6.07 Å². The molecule has 0 radical (unpaired) electrons. The number of carbonyl (C=O) groups excluding carboxylic acids is 1. The van der Waals surface area contributed by atoms with Crippen LogP contribution in [0.1, 0.15) is 33.5 Å². The smallest absolute Gasteiger partial charge is 0.254 e. The average Bonchev–Trinajstić information content (AvgIpc) is 2.67. The van der Waals surface area contributed by atoms with Crippen LogP contribution in [0.25, 0.3) is 0 Å². The molecule has 1 aromatic rings. The van der Waals surface area contributed by atoms with Gasteiger partial charge in [-0.3, -0.25) is 4.79 Å². The first-order valence-electron chi connectivity index (χ1n) is 7.52. The highest BCUT2D eigenvalue weighted by Crippen LogP contribution is 2.18. The van der Waals surface area contributed by atoms with Gasteiger partial charge in [0, 0.05) is 31.7 Å². The maximum Gasteiger partial charge on any atom is 0.254 e. The molecule has 0 aromatic heterocycles. The quantitative estimate of drug-likeness (QED) is 0.832. The minimum atomic E-state index is -3.19. The molecule has 1 saturated heterocycles. The zero-order chi connectivity index (χ0) is 16.5. The molecule has 0 aliphatic carbocycles. The Hall–Kier alpha value is -1.40. The first-order valence-corrected chi connectivity index (χ1v) is 9.37. The zero-order valence-corrected chi connectivity index (χ0v) is 14.5. The van der Waals surface area contributed by atoms with Crippen molar-refractivity contribution in [3.63, 3.8) is 0 Å². The van der Waals surface area contributed by atoms with E-state index in [4.69, 9.17) is 0 Å². The number of hydrogen-bond acceptors (Lipinski definition) is 3. The Labute approximate surface area is 133 Å². The number of aryl methyl sites for hydroxylation is 3. The second-order valence-electron chi connectivity index (χ2n) is 6.06. The van der Waals surface area contributed by atoms with Crippen molar-refractivity contribution >= 4 is 15.9 Å². The zero-order valence-electron chi connectivity index (χ0n) is 13.7. The molecule has 22 heavy (non-hydrogen) atoms. The molecule has 122 valence electrons. The van der Waals surface area contributed by atoms with Crippen molar-refractivity contribution in [1.29, 1.82) is 0 Å². The Kier molecular flexibility index (Phi) is 4.92. The third-order valence-corrected chi connectivity index (χ3v) is 5.59. The monoisotopic (exact) mass is 324 g/mol. The molecule has 1 amide bonds. The number of carbonyl (C=O) groups is 1. The van der Waals surface area contributed by atoms with Crippen LogP contribution in [-0.2, 0) is 10.0 Å². The Morgan fingerprint density at radius 3 is 2.23 bits per heavy atom. The van der Waals surface area contributed by atoms with Crippen LogP contribution < -0.4 is 0 Å². The van der Waals surface area contributed by atoms with Crippen LogP contribution in [-0.4, -0.2) is 56.0 Å². The van der Waals surface area contributed by atoms with Crippen LogP contribution in [0.4, 0.5) is 0 Å². The molecule has 2 rings (SSSR count). The summed E-state index contributed by atoms with van der Waals surface area (Å²) in [4.78, 5) is 14.5. The summed E-state index contributed by atoms with van der Waals surface area (Å²) in [6, 6.07) is 3.97. The molecular formula is C16H24N2O3S. The maximum absolute atomic E-state index is 12.8. The summed E-state index contributed by atoms with van der Waals surface area (Å²) < 4.78 is 24.7. The lowest BCUT2D eigenvalue weighted by Crippen LogP contribution is -2.37. The molecule has 0 bridgehead atoms. The second-order valence-corrected chi connectivity index (χ2v) is 8.04. The molecule has 6 heteroatoms. The fourth-order valence-electron chi connectivity index (χ4n) is 2.79. The summed E-state index contributed by atoms with van der Waals surface area (Å²) in [5.41, 5.74) is 3.96. The van der Waals surface area contributed by atoms with Gasteiger partial charge in [-0.15, -0.1) is 0 Å². The van der Waals surface area contributed by atoms with E-state index in [-0.39, 0.29) is 5.91 Å². The molecular weight excluding hydrogens is 300 g/mol. The van der Waals surface area contributed by atoms with Gasteiger partial charge >= 0.3 is 0 Å². The van der Waals surface area contributed by atoms with Crippen molar-refractivity contribution in [2.75, 3.05) is 32.4 Å². The summed E-state index contributed by atoms with van der Waals surface area (Å²) in [6.07, 6.45) is 1.89. The molecule has 0 unspecified atom stereocenters. The highest BCUT2D eigenvalue weighted by molar-refractivity contribution is 7.88. The molecule has 5 nitrogen and oxygen atoms in total. The second kappa shape index (κ2) is 6.38. The largest absolute Gasteiger partial charge is 0.337 e. The molecule has 1 aliphatic heterocycles. The van der Waals surface area contributed by atoms with Crippen LogP contribution >= 0.6 is 0 Å². The van der Waals surface area contributed by atoms with Crippen molar-refractivity contribution < 1.29 is 13.2 Å². The fourth-order valence-corrected chi connectivity index (χ4v) is 3.66.